The molecule has 94 valence electrons. The molecule has 0 aliphatic carbocycles. The number of carbonyl (C=O) groups excluding carboxylic acids is 1. The van der Waals surface area contributed by atoms with Crippen LogP contribution in [0.3, 0.4) is 0 Å². The van der Waals surface area contributed by atoms with Crippen LogP contribution in [0.1, 0.15) is 30.3 Å². The molecule has 1 aromatic rings. The first-order valence-electron chi connectivity index (χ1n) is 5.05. The van der Waals surface area contributed by atoms with Crippen LogP contribution < -0.4 is 0 Å². The van der Waals surface area contributed by atoms with Crippen LogP contribution >= 0.6 is 15.9 Å². The van der Waals surface area contributed by atoms with Crippen molar-refractivity contribution in [3.8, 4) is 0 Å². The van der Waals surface area contributed by atoms with Gasteiger partial charge in [-0.1, -0.05) is 0 Å². The van der Waals surface area contributed by atoms with Gasteiger partial charge in [-0.05, 0) is 35.8 Å². The number of rotatable bonds is 4. The lowest BCUT2D eigenvalue weighted by molar-refractivity contribution is -0.142. The van der Waals surface area contributed by atoms with E-state index in [-0.39, 0.29) is 23.1 Å². The SMILES string of the molecule is CCOC(=O)Cc1cc(C(F)F)c(Br)c(C)n1. The molecule has 1 rings (SSSR count). The van der Waals surface area contributed by atoms with E-state index in [1.165, 1.54) is 6.07 Å². The molecule has 3 nitrogen and oxygen atoms in total. The van der Waals surface area contributed by atoms with E-state index in [2.05, 4.69) is 20.9 Å². The van der Waals surface area contributed by atoms with Gasteiger partial charge in [-0.25, -0.2) is 8.78 Å². The van der Waals surface area contributed by atoms with Crippen LogP contribution in [0.5, 0.6) is 0 Å². The number of halogens is 3. The molecule has 0 saturated heterocycles. The smallest absolute Gasteiger partial charge is 0.311 e. The average Bonchev–Trinajstić information content (AvgIpc) is 2.23. The number of carbonyl (C=O) groups is 1. The Morgan fingerprint density at radius 2 is 2.24 bits per heavy atom. The minimum absolute atomic E-state index is 0.0956. The molecule has 0 N–H and O–H groups in total. The van der Waals surface area contributed by atoms with Gasteiger partial charge in [0.05, 0.1) is 24.4 Å². The molecular weight excluding hydrogens is 296 g/mol. The summed E-state index contributed by atoms with van der Waals surface area (Å²) in [5.41, 5.74) is 0.568. The Bertz CT molecular complexity index is 424. The lowest BCUT2D eigenvalue weighted by Gasteiger charge is -2.09. The van der Waals surface area contributed by atoms with Crippen LogP contribution in [-0.4, -0.2) is 17.6 Å². The Kier molecular flexibility index (Phi) is 4.99. The van der Waals surface area contributed by atoms with E-state index in [1.54, 1.807) is 13.8 Å². The van der Waals surface area contributed by atoms with Crippen LogP contribution in [0, 0.1) is 6.92 Å². The van der Waals surface area contributed by atoms with Crippen LogP contribution in [0.2, 0.25) is 0 Å². The predicted octanol–water partition coefficient (Wildman–Crippen LogP) is 3.20. The molecule has 0 atom stereocenters. The van der Waals surface area contributed by atoms with E-state index < -0.39 is 12.4 Å². The zero-order chi connectivity index (χ0) is 13.0. The highest BCUT2D eigenvalue weighted by Gasteiger charge is 2.17. The minimum atomic E-state index is -2.60. The molecule has 0 aromatic carbocycles. The normalized spacial score (nSPS) is 10.7. The molecule has 0 radical (unpaired) electrons. The zero-order valence-electron chi connectivity index (χ0n) is 9.47. The lowest BCUT2D eigenvalue weighted by atomic mass is 10.1. The van der Waals surface area contributed by atoms with Crippen LogP contribution in [-0.2, 0) is 16.0 Å². The summed E-state index contributed by atoms with van der Waals surface area (Å²) in [6.45, 7) is 3.55. The van der Waals surface area contributed by atoms with E-state index in [1.807, 2.05) is 0 Å². The van der Waals surface area contributed by atoms with E-state index in [4.69, 9.17) is 4.74 Å². The molecule has 17 heavy (non-hydrogen) atoms. The minimum Gasteiger partial charge on any atom is -0.466 e. The second-order valence-corrected chi connectivity index (χ2v) is 4.18. The highest BCUT2D eigenvalue weighted by atomic mass is 79.9. The fraction of sp³-hybridized carbons (Fsp3) is 0.455. The third kappa shape index (κ3) is 3.73. The monoisotopic (exact) mass is 307 g/mol. The molecule has 6 heteroatoms. The Labute approximate surface area is 106 Å². The van der Waals surface area contributed by atoms with Gasteiger partial charge in [0.15, 0.2) is 0 Å². The van der Waals surface area contributed by atoms with Crippen molar-refractivity contribution in [2.45, 2.75) is 26.7 Å². The first-order chi connectivity index (χ1) is 7.95. The van der Waals surface area contributed by atoms with Crippen molar-refractivity contribution < 1.29 is 18.3 Å². The molecule has 0 fully saturated rings. The van der Waals surface area contributed by atoms with E-state index in [0.717, 1.165) is 0 Å². The molecule has 1 aromatic heterocycles. The summed E-state index contributed by atoms with van der Waals surface area (Å²) in [6, 6.07) is 1.22. The van der Waals surface area contributed by atoms with Crippen molar-refractivity contribution >= 4 is 21.9 Å². The molecule has 0 amide bonds. The van der Waals surface area contributed by atoms with E-state index in [0.29, 0.717) is 11.4 Å². The highest BCUT2D eigenvalue weighted by Crippen LogP contribution is 2.29. The van der Waals surface area contributed by atoms with Crippen molar-refractivity contribution in [2.24, 2.45) is 0 Å². The molecule has 0 bridgehead atoms. The predicted molar refractivity (Wildman–Crippen MR) is 62.0 cm³/mol. The number of nitrogens with zero attached hydrogens (tertiary/aromatic N) is 1. The molecule has 0 aliphatic rings. The Balaban J connectivity index is 2.98. The summed E-state index contributed by atoms with van der Waals surface area (Å²) in [5.74, 6) is -0.470. The maximum Gasteiger partial charge on any atom is 0.311 e. The fourth-order valence-electron chi connectivity index (χ4n) is 1.36. The Hall–Kier alpha value is -1.04. The van der Waals surface area contributed by atoms with E-state index in [9.17, 15) is 13.6 Å². The standard InChI is InChI=1S/C11H12BrF2NO2/c1-3-17-9(16)5-7-4-8(11(13)14)10(12)6(2)15-7/h4,11H,3,5H2,1-2H3. The first kappa shape index (κ1) is 14.0. The van der Waals surface area contributed by atoms with Crippen LogP contribution in [0.25, 0.3) is 0 Å². The fourth-order valence-corrected chi connectivity index (χ4v) is 1.73. The van der Waals surface area contributed by atoms with Crippen molar-refractivity contribution in [1.82, 2.24) is 4.98 Å². The quantitative estimate of drug-likeness (QED) is 0.802. The van der Waals surface area contributed by atoms with E-state index >= 15 is 0 Å². The third-order valence-corrected chi connectivity index (χ3v) is 3.10. The number of aryl methyl sites for hydroxylation is 1. The molecule has 0 unspecified atom stereocenters. The number of aromatic nitrogens is 1. The number of alkyl halides is 2. The number of esters is 1. The summed E-state index contributed by atoms with van der Waals surface area (Å²) in [4.78, 5) is 15.3. The van der Waals surface area contributed by atoms with Gasteiger partial charge in [0.2, 0.25) is 0 Å². The van der Waals surface area contributed by atoms with Crippen molar-refractivity contribution in [3.05, 3.63) is 27.5 Å². The third-order valence-electron chi connectivity index (χ3n) is 2.07. The molecule has 0 spiro atoms. The average molecular weight is 308 g/mol. The summed E-state index contributed by atoms with van der Waals surface area (Å²) < 4.78 is 30.4. The van der Waals surface area contributed by atoms with Crippen molar-refractivity contribution in [1.29, 1.82) is 0 Å². The summed E-state index contributed by atoms with van der Waals surface area (Å²) in [7, 11) is 0. The molecule has 1 heterocycles. The summed E-state index contributed by atoms with van der Waals surface area (Å²) >= 11 is 3.05. The Morgan fingerprint density at radius 1 is 1.59 bits per heavy atom. The lowest BCUT2D eigenvalue weighted by Crippen LogP contribution is -2.10. The van der Waals surface area contributed by atoms with Gasteiger partial charge in [0.1, 0.15) is 0 Å². The topological polar surface area (TPSA) is 39.2 Å². The molecular formula is C11H12BrF2NO2. The van der Waals surface area contributed by atoms with Crippen molar-refractivity contribution in [2.75, 3.05) is 6.61 Å². The zero-order valence-corrected chi connectivity index (χ0v) is 11.1. The molecule has 0 saturated carbocycles. The van der Waals surface area contributed by atoms with Gasteiger partial charge < -0.3 is 4.74 Å². The van der Waals surface area contributed by atoms with Gasteiger partial charge in [-0.15, -0.1) is 0 Å². The van der Waals surface area contributed by atoms with Gasteiger partial charge in [-0.3, -0.25) is 9.78 Å². The second-order valence-electron chi connectivity index (χ2n) is 3.38. The summed E-state index contributed by atoms with van der Waals surface area (Å²) in [5, 5.41) is 0. The second kappa shape index (κ2) is 6.05. The maximum atomic E-state index is 12.7. The molecule has 0 aliphatic heterocycles. The van der Waals surface area contributed by atoms with Gasteiger partial charge in [0.25, 0.3) is 6.43 Å². The van der Waals surface area contributed by atoms with Gasteiger partial charge >= 0.3 is 5.97 Å². The van der Waals surface area contributed by atoms with Crippen molar-refractivity contribution in [3.63, 3.8) is 0 Å². The Morgan fingerprint density at radius 3 is 2.76 bits per heavy atom. The number of hydrogen-bond donors (Lipinski definition) is 0. The largest absolute Gasteiger partial charge is 0.466 e. The van der Waals surface area contributed by atoms with Crippen LogP contribution in [0.4, 0.5) is 8.78 Å². The summed E-state index contributed by atoms with van der Waals surface area (Å²) in [6.07, 6.45) is -2.70. The van der Waals surface area contributed by atoms with Crippen LogP contribution in [0.15, 0.2) is 10.5 Å². The first-order valence-corrected chi connectivity index (χ1v) is 5.84. The number of hydrogen-bond acceptors (Lipinski definition) is 3. The maximum absolute atomic E-state index is 12.7. The number of ether oxygens (including phenoxy) is 1. The van der Waals surface area contributed by atoms with Gasteiger partial charge in [0, 0.05) is 10.0 Å². The van der Waals surface area contributed by atoms with Gasteiger partial charge in [-0.2, -0.15) is 0 Å². The number of pyridine rings is 1. The highest BCUT2D eigenvalue weighted by molar-refractivity contribution is 9.10.